The largest absolute Gasteiger partial charge is 0.507 e. The average Bonchev–Trinajstić information content (AvgIpc) is 2.74. The number of ether oxygens (including phenoxy) is 3. The molecule has 164 valence electrons. The molecule has 0 unspecified atom stereocenters. The zero-order valence-corrected chi connectivity index (χ0v) is 16.3. The lowest BCUT2D eigenvalue weighted by Crippen LogP contribution is -2.54. The molecule has 5 N–H and O–H groups in total. The molecule has 0 bridgehead atoms. The molecule has 1 aromatic carbocycles. The maximum atomic E-state index is 11.8. The molecule has 0 radical (unpaired) electrons. The van der Waals surface area contributed by atoms with Crippen molar-refractivity contribution in [2.75, 3.05) is 13.7 Å². The molecule has 2 heterocycles. The highest BCUT2D eigenvalue weighted by atomic mass is 16.7. The summed E-state index contributed by atoms with van der Waals surface area (Å²) in [6.45, 7) is -0.277. The van der Waals surface area contributed by atoms with E-state index in [-0.39, 0.29) is 46.7 Å². The fourth-order valence-electron chi connectivity index (χ4n) is 3.29. The van der Waals surface area contributed by atoms with Crippen LogP contribution in [0, 0.1) is 0 Å². The lowest BCUT2D eigenvalue weighted by molar-refractivity contribution is -0.242. The maximum Gasteiger partial charge on any atom is 0.229 e. The summed E-state index contributed by atoms with van der Waals surface area (Å²) in [6, 6.07) is 7.92. The quantitative estimate of drug-likeness (QED) is 0.396. The van der Waals surface area contributed by atoms with Crippen LogP contribution in [0.1, 0.15) is 0 Å². The number of phenols is 2. The first kappa shape index (κ1) is 20.9. The molecule has 4 atom stereocenters. The second kappa shape index (κ2) is 8.08. The van der Waals surface area contributed by atoms with E-state index in [1.54, 1.807) is 0 Å². The van der Waals surface area contributed by atoms with E-state index in [0.717, 1.165) is 6.07 Å². The van der Waals surface area contributed by atoms with Crippen LogP contribution in [0.4, 0.5) is 0 Å². The van der Waals surface area contributed by atoms with Gasteiger partial charge in [0.25, 0.3) is 0 Å². The predicted octanol–water partition coefficient (Wildman–Crippen LogP) is 0.649. The summed E-state index contributed by atoms with van der Waals surface area (Å²) in [5.74, 6) is -0.163. The summed E-state index contributed by atoms with van der Waals surface area (Å²) in [7, 11) is 1.37. The van der Waals surface area contributed by atoms with Crippen LogP contribution in [-0.2, 0) is 4.74 Å². The first-order valence-corrected chi connectivity index (χ1v) is 9.29. The van der Waals surface area contributed by atoms with E-state index in [4.69, 9.17) is 18.6 Å². The number of aliphatic hydroxyl groups excluding tert-OH is 3. The van der Waals surface area contributed by atoms with E-state index in [1.165, 1.54) is 37.4 Å². The predicted molar refractivity (Wildman–Crippen MR) is 105 cm³/mol. The van der Waals surface area contributed by atoms with E-state index in [0.29, 0.717) is 5.56 Å². The number of aromatic hydroxyl groups is 2. The minimum atomic E-state index is -1.57. The van der Waals surface area contributed by atoms with Gasteiger partial charge < -0.3 is 44.2 Å². The van der Waals surface area contributed by atoms with Crippen molar-refractivity contribution in [3.05, 3.63) is 46.6 Å². The number of aliphatic hydroxyl groups is 3. The van der Waals surface area contributed by atoms with Crippen molar-refractivity contribution in [2.24, 2.45) is 0 Å². The van der Waals surface area contributed by atoms with E-state index in [1.807, 2.05) is 0 Å². The topological polar surface area (TPSA) is 159 Å². The molecule has 4 rings (SSSR count). The number of fused-ring (bicyclic) bond motifs is 1. The van der Waals surface area contributed by atoms with Crippen molar-refractivity contribution in [1.82, 2.24) is 0 Å². The van der Waals surface area contributed by atoms with Gasteiger partial charge in [-0.1, -0.05) is 0 Å². The molecular formula is C21H20O10. The smallest absolute Gasteiger partial charge is 0.229 e. The molecule has 0 aromatic heterocycles. The highest BCUT2D eigenvalue weighted by Gasteiger charge is 2.39. The van der Waals surface area contributed by atoms with Crippen molar-refractivity contribution in [1.29, 1.82) is 0 Å². The fraction of sp³-hybridized carbons (Fsp3) is 0.286. The van der Waals surface area contributed by atoms with Gasteiger partial charge in [0.05, 0.1) is 19.3 Å². The van der Waals surface area contributed by atoms with Gasteiger partial charge in [-0.25, -0.2) is 0 Å². The van der Waals surface area contributed by atoms with Gasteiger partial charge >= 0.3 is 0 Å². The summed E-state index contributed by atoms with van der Waals surface area (Å²) in [6.07, 6.45) is -5.70. The highest BCUT2D eigenvalue weighted by Crippen LogP contribution is 2.43. The molecule has 1 saturated heterocycles. The maximum absolute atomic E-state index is 11.8. The van der Waals surface area contributed by atoms with Gasteiger partial charge in [0.1, 0.15) is 29.8 Å². The summed E-state index contributed by atoms with van der Waals surface area (Å²) >= 11 is 0. The monoisotopic (exact) mass is 432 g/mol. The lowest BCUT2D eigenvalue weighted by Gasteiger charge is -2.35. The van der Waals surface area contributed by atoms with Gasteiger partial charge in [0, 0.05) is 17.7 Å². The first-order chi connectivity index (χ1) is 14.8. The SMILES string of the molecule is COc1cc(-c2oc3cc(=O)cc(O)c-3cc2O[C@@H]2OC[C@H](O)[C@H](O)[C@H]2O)ccc1O. The minimum absolute atomic E-state index is 0.00170. The first-order valence-electron chi connectivity index (χ1n) is 9.29. The second-order valence-corrected chi connectivity index (χ2v) is 7.05. The van der Waals surface area contributed by atoms with Crippen molar-refractivity contribution in [3.8, 4) is 45.6 Å². The Morgan fingerprint density at radius 2 is 1.74 bits per heavy atom. The van der Waals surface area contributed by atoms with Crippen LogP contribution in [-0.4, -0.2) is 63.9 Å². The molecule has 1 aromatic rings. The second-order valence-electron chi connectivity index (χ2n) is 7.05. The third kappa shape index (κ3) is 3.89. The van der Waals surface area contributed by atoms with Crippen molar-refractivity contribution >= 4 is 0 Å². The Morgan fingerprint density at radius 1 is 0.968 bits per heavy atom. The third-order valence-corrected chi connectivity index (χ3v) is 4.94. The molecule has 1 aliphatic carbocycles. The van der Waals surface area contributed by atoms with Crippen molar-refractivity contribution in [3.63, 3.8) is 0 Å². The van der Waals surface area contributed by atoms with Gasteiger partial charge in [-0.2, -0.15) is 0 Å². The van der Waals surface area contributed by atoms with E-state index in [2.05, 4.69) is 0 Å². The molecular weight excluding hydrogens is 412 g/mol. The Balaban J connectivity index is 1.85. The van der Waals surface area contributed by atoms with Crippen LogP contribution >= 0.6 is 0 Å². The van der Waals surface area contributed by atoms with Crippen LogP contribution in [0.3, 0.4) is 0 Å². The molecule has 1 fully saturated rings. The van der Waals surface area contributed by atoms with Gasteiger partial charge in [0.2, 0.25) is 6.29 Å². The van der Waals surface area contributed by atoms with Crippen molar-refractivity contribution in [2.45, 2.75) is 24.6 Å². The highest BCUT2D eigenvalue weighted by molar-refractivity contribution is 5.76. The number of benzene rings is 2. The lowest BCUT2D eigenvalue weighted by atomic mass is 10.0. The number of hydrogen-bond donors (Lipinski definition) is 5. The molecule has 10 heteroatoms. The summed E-state index contributed by atoms with van der Waals surface area (Å²) < 4.78 is 22.0. The number of methoxy groups -OCH3 is 1. The standard InChI is InChI=1S/C21H20O10/c1-28-16-4-9(2-3-12(16)23)20-17(31-21-19(27)18(26)14(25)8-29-21)7-11-13(24)5-10(22)6-15(11)30-20/h2-7,14,18-19,21,23-27H,8H2,1H3/t14-,18-,19+,21-/m0/s1. The van der Waals surface area contributed by atoms with Crippen LogP contribution in [0.25, 0.3) is 22.6 Å². The Morgan fingerprint density at radius 3 is 2.48 bits per heavy atom. The van der Waals surface area contributed by atoms with Crippen LogP contribution in [0.5, 0.6) is 23.0 Å². The molecule has 3 aliphatic rings. The van der Waals surface area contributed by atoms with Crippen LogP contribution in [0.15, 0.2) is 45.6 Å². The number of hydrogen-bond acceptors (Lipinski definition) is 10. The van der Waals surface area contributed by atoms with Gasteiger partial charge in [-0.05, 0) is 24.3 Å². The molecule has 0 saturated carbocycles. The Bertz CT molecular complexity index is 1120. The fourth-order valence-corrected chi connectivity index (χ4v) is 3.29. The Labute approximate surface area is 175 Å². The Hall–Kier alpha value is -3.31. The Kier molecular flexibility index (Phi) is 5.46. The number of phenolic OH excluding ortho intramolecular Hbond substituents is 2. The molecule has 31 heavy (non-hydrogen) atoms. The molecule has 2 aliphatic heterocycles. The summed E-state index contributed by atoms with van der Waals surface area (Å²) in [5.41, 5.74) is 0.0722. The van der Waals surface area contributed by atoms with E-state index in [9.17, 15) is 30.3 Å². The molecule has 0 spiro atoms. The summed E-state index contributed by atoms with van der Waals surface area (Å²) in [4.78, 5) is 11.8. The molecule has 10 nitrogen and oxygen atoms in total. The third-order valence-electron chi connectivity index (χ3n) is 4.94. The van der Waals surface area contributed by atoms with Gasteiger partial charge in [-0.15, -0.1) is 0 Å². The van der Waals surface area contributed by atoms with Gasteiger partial charge in [0.15, 0.2) is 28.4 Å². The van der Waals surface area contributed by atoms with Crippen LogP contribution < -0.4 is 14.9 Å². The normalized spacial score (nSPS) is 23.6. The number of rotatable bonds is 4. The minimum Gasteiger partial charge on any atom is -0.507 e. The van der Waals surface area contributed by atoms with Crippen LogP contribution in [0.2, 0.25) is 0 Å². The molecule has 0 amide bonds. The van der Waals surface area contributed by atoms with E-state index >= 15 is 0 Å². The summed E-state index contributed by atoms with van der Waals surface area (Å²) in [5, 5.41) is 49.8. The van der Waals surface area contributed by atoms with E-state index < -0.39 is 30.0 Å². The zero-order chi connectivity index (χ0) is 22.3. The van der Waals surface area contributed by atoms with Gasteiger partial charge in [-0.3, -0.25) is 4.79 Å². The zero-order valence-electron chi connectivity index (χ0n) is 16.3. The average molecular weight is 432 g/mol. The van der Waals surface area contributed by atoms with Crippen molar-refractivity contribution < 1.29 is 44.2 Å².